The van der Waals surface area contributed by atoms with E-state index in [1.54, 1.807) is 0 Å². The maximum atomic E-state index is 11.0. The van der Waals surface area contributed by atoms with E-state index in [0.717, 1.165) is 0 Å². The molecule has 0 bridgehead atoms. The molecule has 0 aromatic rings. The van der Waals surface area contributed by atoms with Crippen LogP contribution in [0.15, 0.2) is 3.38 Å². The Kier molecular flexibility index (Phi) is 3.27. The SMILES string of the molecule is O=S=N[Se]C(F)(F)F. The van der Waals surface area contributed by atoms with Crippen LogP contribution in [0, 0.1) is 0 Å². The Hall–Kier alpha value is 0.129. The first-order valence-corrected chi connectivity index (χ1v) is 3.62. The number of alkyl halides is 3. The predicted octanol–water partition coefficient (Wildman–Crippen LogP) is 0.522. The molecule has 2 nitrogen and oxygen atoms in total. The van der Waals surface area contributed by atoms with Crippen LogP contribution in [-0.2, 0) is 11.5 Å². The quantitative estimate of drug-likeness (QED) is 0.580. The van der Waals surface area contributed by atoms with Gasteiger partial charge in [0.1, 0.15) is 0 Å². The van der Waals surface area contributed by atoms with Gasteiger partial charge in [-0.05, 0) is 0 Å². The summed E-state index contributed by atoms with van der Waals surface area (Å²) < 4.78 is 44.9. The summed E-state index contributed by atoms with van der Waals surface area (Å²) >= 11 is -2.25. The summed E-state index contributed by atoms with van der Waals surface area (Å²) in [5.41, 5.74) is 0. The van der Waals surface area contributed by atoms with Crippen molar-refractivity contribution in [3.8, 4) is 0 Å². The molecule has 0 heterocycles. The zero-order valence-electron chi connectivity index (χ0n) is 3.31. The van der Waals surface area contributed by atoms with Crippen LogP contribution in [0.1, 0.15) is 0 Å². The summed E-state index contributed by atoms with van der Waals surface area (Å²) in [6.07, 6.45) is 0. The van der Waals surface area contributed by atoms with E-state index >= 15 is 0 Å². The van der Waals surface area contributed by atoms with Crippen molar-refractivity contribution < 1.29 is 17.4 Å². The first-order valence-electron chi connectivity index (χ1n) is 1.30. The van der Waals surface area contributed by atoms with E-state index < -0.39 is 20.2 Å². The number of hydrogen-bond donors (Lipinski definition) is 0. The van der Waals surface area contributed by atoms with Crippen LogP contribution in [0.25, 0.3) is 0 Å². The van der Waals surface area contributed by atoms with Crippen molar-refractivity contribution in [2.75, 3.05) is 0 Å². The third-order valence-electron chi connectivity index (χ3n) is 0.171. The van der Waals surface area contributed by atoms with E-state index in [1.807, 2.05) is 0 Å². The number of nitrogens with zero attached hydrogens (tertiary/aromatic N) is 1. The molecule has 7 heteroatoms. The number of hydrogen-bond acceptors (Lipinski definition) is 2. The molecule has 48 valence electrons. The van der Waals surface area contributed by atoms with E-state index in [4.69, 9.17) is 0 Å². The standard InChI is InChI=1S/CF3NOSSe/c2-1(3,4)8-5-7-6. The molecule has 0 aromatic carbocycles. The van der Waals surface area contributed by atoms with E-state index in [9.17, 15) is 17.4 Å². The van der Waals surface area contributed by atoms with Gasteiger partial charge in [-0.3, -0.25) is 0 Å². The van der Waals surface area contributed by atoms with Crippen molar-refractivity contribution in [1.82, 2.24) is 0 Å². The molecular formula is CF3NOSSe. The van der Waals surface area contributed by atoms with Gasteiger partial charge in [0.25, 0.3) is 0 Å². The van der Waals surface area contributed by atoms with Gasteiger partial charge in [0.05, 0.1) is 0 Å². The second-order valence-corrected chi connectivity index (χ2v) is 3.28. The van der Waals surface area contributed by atoms with Crippen LogP contribution in [0.5, 0.6) is 0 Å². The summed E-state index contributed by atoms with van der Waals surface area (Å²) in [6.45, 7) is 0. The van der Waals surface area contributed by atoms with Crippen molar-refractivity contribution in [2.45, 2.75) is 5.07 Å². The molecule has 0 aliphatic rings. The van der Waals surface area contributed by atoms with E-state index in [0.29, 0.717) is 0 Å². The molecule has 8 heavy (non-hydrogen) atoms. The summed E-state index contributed by atoms with van der Waals surface area (Å²) in [4.78, 5) is 0. The molecule has 0 fully saturated rings. The Morgan fingerprint density at radius 1 is 1.50 bits per heavy atom. The van der Waals surface area contributed by atoms with Crippen molar-refractivity contribution in [1.29, 1.82) is 0 Å². The van der Waals surface area contributed by atoms with Gasteiger partial charge < -0.3 is 0 Å². The number of halogens is 3. The van der Waals surface area contributed by atoms with Crippen LogP contribution >= 0.6 is 0 Å². The normalized spacial score (nSPS) is 10.9. The van der Waals surface area contributed by atoms with Gasteiger partial charge in [-0.2, -0.15) is 0 Å². The fourth-order valence-electron chi connectivity index (χ4n) is 0.0575. The molecule has 0 rings (SSSR count). The van der Waals surface area contributed by atoms with Gasteiger partial charge in [0.2, 0.25) is 0 Å². The van der Waals surface area contributed by atoms with Crippen molar-refractivity contribution in [2.24, 2.45) is 3.38 Å². The van der Waals surface area contributed by atoms with Crippen molar-refractivity contribution in [3.63, 3.8) is 0 Å². The molecule has 0 N–H and O–H groups in total. The van der Waals surface area contributed by atoms with Gasteiger partial charge >= 0.3 is 52.5 Å². The van der Waals surface area contributed by atoms with Crippen LogP contribution in [0.4, 0.5) is 13.2 Å². The zero-order chi connectivity index (χ0) is 6.62. The van der Waals surface area contributed by atoms with E-state index in [-0.39, 0.29) is 11.5 Å². The summed E-state index contributed by atoms with van der Waals surface area (Å²) in [5.74, 6) is 0. The minimum absolute atomic E-state index is 0.389. The topological polar surface area (TPSA) is 29.4 Å². The molecular weight excluding hydrogens is 210 g/mol. The van der Waals surface area contributed by atoms with Gasteiger partial charge in [-0.15, -0.1) is 0 Å². The fourth-order valence-corrected chi connectivity index (χ4v) is 0.896. The van der Waals surface area contributed by atoms with E-state index in [1.165, 1.54) is 0 Å². The molecule has 0 saturated carbocycles. The van der Waals surface area contributed by atoms with Gasteiger partial charge in [-0.25, -0.2) is 0 Å². The number of rotatable bonds is 1. The Morgan fingerprint density at radius 3 is 2.12 bits per heavy atom. The van der Waals surface area contributed by atoms with Crippen LogP contribution in [-0.4, -0.2) is 24.5 Å². The molecule has 0 atom stereocenters. The Morgan fingerprint density at radius 2 is 2.00 bits per heavy atom. The van der Waals surface area contributed by atoms with Crippen LogP contribution in [0.2, 0.25) is 0 Å². The Balaban J connectivity index is 3.55. The van der Waals surface area contributed by atoms with Crippen molar-refractivity contribution >= 4 is 26.6 Å². The second kappa shape index (κ2) is 3.21. The average molecular weight is 210 g/mol. The molecule has 0 amide bonds. The van der Waals surface area contributed by atoms with Crippen LogP contribution < -0.4 is 0 Å². The zero-order valence-corrected chi connectivity index (χ0v) is 5.84. The Labute approximate surface area is 53.1 Å². The molecule has 0 aliphatic heterocycles. The Bertz CT molecular complexity index is 117. The fraction of sp³-hybridized carbons (Fsp3) is 1.00. The predicted molar refractivity (Wildman–Crippen MR) is 22.4 cm³/mol. The molecule has 0 radical (unpaired) electrons. The van der Waals surface area contributed by atoms with Gasteiger partial charge in [0, 0.05) is 0 Å². The van der Waals surface area contributed by atoms with Crippen LogP contribution in [0.3, 0.4) is 0 Å². The molecule has 0 saturated heterocycles. The van der Waals surface area contributed by atoms with Gasteiger partial charge in [0.15, 0.2) is 0 Å². The molecule has 0 aromatic heterocycles. The summed E-state index contributed by atoms with van der Waals surface area (Å²) in [5, 5.41) is -4.27. The monoisotopic (exact) mass is 211 g/mol. The van der Waals surface area contributed by atoms with Crippen molar-refractivity contribution in [3.05, 3.63) is 0 Å². The third kappa shape index (κ3) is 6.13. The van der Waals surface area contributed by atoms with Gasteiger partial charge in [-0.1, -0.05) is 0 Å². The second-order valence-electron chi connectivity index (χ2n) is 0.686. The van der Waals surface area contributed by atoms with E-state index in [2.05, 4.69) is 3.38 Å². The minimum atomic E-state index is -4.27. The first kappa shape index (κ1) is 8.13. The summed E-state index contributed by atoms with van der Waals surface area (Å²) in [6, 6.07) is 0. The summed E-state index contributed by atoms with van der Waals surface area (Å²) in [7, 11) is 0. The average Bonchev–Trinajstić information content (AvgIpc) is 1.59. The maximum absolute atomic E-state index is 11.0. The molecule has 0 spiro atoms. The first-order chi connectivity index (χ1) is 3.56. The third-order valence-corrected chi connectivity index (χ3v) is 1.59. The molecule has 0 aliphatic carbocycles. The molecule has 0 unspecified atom stereocenters.